The summed E-state index contributed by atoms with van der Waals surface area (Å²) in [5.41, 5.74) is 0.431. The Kier molecular flexibility index (Phi) is 6.58. The Morgan fingerprint density at radius 2 is 1.92 bits per heavy atom. The molecule has 0 unspecified atom stereocenters. The third kappa shape index (κ3) is 6.02. The van der Waals surface area contributed by atoms with Gasteiger partial charge in [-0.2, -0.15) is 0 Å². The largest absolute Gasteiger partial charge is 0.486 e. The number of ether oxygens (including phenoxy) is 3. The molecule has 0 spiro atoms. The molecule has 2 rings (SSSR count). The fourth-order valence-electron chi connectivity index (χ4n) is 1.88. The van der Waals surface area contributed by atoms with Crippen molar-refractivity contribution in [3.63, 3.8) is 0 Å². The van der Waals surface area contributed by atoms with Gasteiger partial charge in [-0.05, 0) is 19.1 Å². The van der Waals surface area contributed by atoms with Crippen molar-refractivity contribution in [1.29, 1.82) is 0 Å². The molecule has 3 amide bonds. The lowest BCUT2D eigenvalue weighted by molar-refractivity contribution is -0.143. The lowest BCUT2D eigenvalue weighted by atomic mass is 10.2. The maximum Gasteiger partial charge on any atom is 0.331 e. The van der Waals surface area contributed by atoms with Gasteiger partial charge in [0, 0.05) is 17.8 Å². The van der Waals surface area contributed by atoms with Crippen LogP contribution in [0.5, 0.6) is 11.5 Å². The average Bonchev–Trinajstić information content (AvgIpc) is 2.60. The predicted molar refractivity (Wildman–Crippen MR) is 89.5 cm³/mol. The number of hydrogen-bond acceptors (Lipinski definition) is 6. The van der Waals surface area contributed by atoms with Crippen LogP contribution in [0, 0.1) is 0 Å². The van der Waals surface area contributed by atoms with Gasteiger partial charge >= 0.3 is 12.0 Å². The highest BCUT2D eigenvalue weighted by atomic mass is 16.6. The van der Waals surface area contributed by atoms with E-state index in [1.54, 1.807) is 37.3 Å². The first kappa shape index (κ1) is 18.1. The molecule has 0 radical (unpaired) electrons. The van der Waals surface area contributed by atoms with E-state index in [1.165, 1.54) is 12.2 Å². The number of anilines is 1. The third-order valence-corrected chi connectivity index (χ3v) is 2.93. The minimum atomic E-state index is -0.748. The molecule has 2 N–H and O–H groups in total. The molecule has 132 valence electrons. The third-order valence-electron chi connectivity index (χ3n) is 2.93. The molecule has 8 heteroatoms. The van der Waals surface area contributed by atoms with Gasteiger partial charge in [-0.1, -0.05) is 18.2 Å². The number of rotatable bonds is 5. The Balaban J connectivity index is 1.78. The van der Waals surface area contributed by atoms with Crippen molar-refractivity contribution >= 4 is 23.6 Å². The maximum atomic E-state index is 11.8. The first-order valence-corrected chi connectivity index (χ1v) is 7.55. The van der Waals surface area contributed by atoms with Gasteiger partial charge < -0.3 is 19.5 Å². The number of carbonyl (C=O) groups is 3. The van der Waals surface area contributed by atoms with Gasteiger partial charge in [-0.15, -0.1) is 0 Å². The molecular formula is C17H18N2O6. The Labute approximate surface area is 144 Å². The second-order valence-corrected chi connectivity index (χ2v) is 4.85. The van der Waals surface area contributed by atoms with Crippen LogP contribution in [0.2, 0.25) is 0 Å². The zero-order valence-corrected chi connectivity index (χ0v) is 13.6. The average molecular weight is 346 g/mol. The van der Waals surface area contributed by atoms with Gasteiger partial charge in [0.2, 0.25) is 0 Å². The topological polar surface area (TPSA) is 103 Å². The second-order valence-electron chi connectivity index (χ2n) is 4.85. The SMILES string of the molecule is CC=CC=CC(=O)OCC(=O)NC(=O)Nc1ccc2c(c1)OCCO2. The van der Waals surface area contributed by atoms with Crippen LogP contribution in [0.15, 0.2) is 42.5 Å². The second kappa shape index (κ2) is 9.11. The predicted octanol–water partition coefficient (Wildman–Crippen LogP) is 1.78. The van der Waals surface area contributed by atoms with Crippen molar-refractivity contribution in [3.8, 4) is 11.5 Å². The number of fused-ring (bicyclic) bond motifs is 1. The van der Waals surface area contributed by atoms with E-state index in [4.69, 9.17) is 9.47 Å². The molecule has 1 aliphatic heterocycles. The number of carbonyl (C=O) groups excluding carboxylic acids is 3. The monoisotopic (exact) mass is 346 g/mol. The lowest BCUT2D eigenvalue weighted by Gasteiger charge is -2.19. The number of imide groups is 1. The van der Waals surface area contributed by atoms with Crippen molar-refractivity contribution < 1.29 is 28.6 Å². The van der Waals surface area contributed by atoms with Gasteiger partial charge in [0.1, 0.15) is 13.2 Å². The summed E-state index contributed by atoms with van der Waals surface area (Å²) in [6.07, 6.45) is 6.03. The van der Waals surface area contributed by atoms with Gasteiger partial charge in [0.25, 0.3) is 5.91 Å². The van der Waals surface area contributed by atoms with Crippen LogP contribution in [-0.2, 0) is 14.3 Å². The molecular weight excluding hydrogens is 328 g/mol. The summed E-state index contributed by atoms with van der Waals surface area (Å²) in [6, 6.07) is 4.11. The number of allylic oxidation sites excluding steroid dienone is 3. The van der Waals surface area contributed by atoms with E-state index in [2.05, 4.69) is 15.4 Å². The van der Waals surface area contributed by atoms with E-state index in [0.29, 0.717) is 30.4 Å². The molecule has 25 heavy (non-hydrogen) atoms. The summed E-state index contributed by atoms with van der Waals surface area (Å²) in [7, 11) is 0. The summed E-state index contributed by atoms with van der Waals surface area (Å²) in [5.74, 6) is -0.327. The lowest BCUT2D eigenvalue weighted by Crippen LogP contribution is -2.37. The molecule has 1 aliphatic rings. The number of hydrogen-bond donors (Lipinski definition) is 2. The normalized spacial score (nSPS) is 12.8. The van der Waals surface area contributed by atoms with Gasteiger partial charge in [-0.3, -0.25) is 10.1 Å². The fraction of sp³-hybridized carbons (Fsp3) is 0.235. The smallest absolute Gasteiger partial charge is 0.331 e. The van der Waals surface area contributed by atoms with Crippen LogP contribution >= 0.6 is 0 Å². The van der Waals surface area contributed by atoms with Crippen molar-refractivity contribution in [2.45, 2.75) is 6.92 Å². The number of benzene rings is 1. The molecule has 0 bridgehead atoms. The maximum absolute atomic E-state index is 11.8. The van der Waals surface area contributed by atoms with E-state index >= 15 is 0 Å². The van der Waals surface area contributed by atoms with E-state index in [-0.39, 0.29) is 0 Å². The molecule has 0 saturated carbocycles. The Morgan fingerprint density at radius 1 is 1.16 bits per heavy atom. The zero-order valence-electron chi connectivity index (χ0n) is 13.6. The summed E-state index contributed by atoms with van der Waals surface area (Å²) in [4.78, 5) is 34.6. The minimum absolute atomic E-state index is 0.426. The quantitative estimate of drug-likeness (QED) is 0.479. The van der Waals surface area contributed by atoms with Crippen molar-refractivity contribution in [2.75, 3.05) is 25.1 Å². The number of esters is 1. The van der Waals surface area contributed by atoms with Crippen molar-refractivity contribution in [2.24, 2.45) is 0 Å². The summed E-state index contributed by atoms with van der Waals surface area (Å²) < 4.78 is 15.5. The van der Waals surface area contributed by atoms with Crippen LogP contribution in [0.3, 0.4) is 0 Å². The van der Waals surface area contributed by atoms with Crippen molar-refractivity contribution in [1.82, 2.24) is 5.32 Å². The number of nitrogens with one attached hydrogen (secondary N) is 2. The summed E-state index contributed by atoms with van der Waals surface area (Å²) >= 11 is 0. The highest BCUT2D eigenvalue weighted by Gasteiger charge is 2.14. The highest BCUT2D eigenvalue weighted by Crippen LogP contribution is 2.32. The van der Waals surface area contributed by atoms with Crippen molar-refractivity contribution in [3.05, 3.63) is 42.5 Å². The molecule has 1 aromatic rings. The molecule has 1 aromatic carbocycles. The molecule has 0 aromatic heterocycles. The molecule has 8 nitrogen and oxygen atoms in total. The van der Waals surface area contributed by atoms with Crippen LogP contribution in [0.4, 0.5) is 10.5 Å². The van der Waals surface area contributed by atoms with Crippen LogP contribution in [0.1, 0.15) is 6.92 Å². The van der Waals surface area contributed by atoms with E-state index < -0.39 is 24.5 Å². The van der Waals surface area contributed by atoms with Gasteiger partial charge in [-0.25, -0.2) is 9.59 Å². The standard InChI is InChI=1S/C17H18N2O6/c1-2-3-4-5-16(21)25-11-15(20)19-17(22)18-12-6-7-13-14(10-12)24-9-8-23-13/h2-7,10H,8-9,11H2,1H3,(H2,18,19,20,22). The van der Waals surface area contributed by atoms with Gasteiger partial charge in [0.15, 0.2) is 18.1 Å². The summed E-state index contributed by atoms with van der Waals surface area (Å²) in [6.45, 7) is 2.13. The summed E-state index contributed by atoms with van der Waals surface area (Å²) in [5, 5.41) is 4.54. The molecule has 1 heterocycles. The minimum Gasteiger partial charge on any atom is -0.486 e. The Bertz CT molecular complexity index is 711. The first-order chi connectivity index (χ1) is 12.1. The Morgan fingerprint density at radius 3 is 2.68 bits per heavy atom. The fourth-order valence-corrected chi connectivity index (χ4v) is 1.88. The Hall–Kier alpha value is -3.29. The molecule has 0 saturated heterocycles. The molecule has 0 fully saturated rings. The van der Waals surface area contributed by atoms with Gasteiger partial charge in [0.05, 0.1) is 0 Å². The van der Waals surface area contributed by atoms with Crippen LogP contribution in [0.25, 0.3) is 0 Å². The van der Waals surface area contributed by atoms with Crippen LogP contribution in [-0.4, -0.2) is 37.7 Å². The van der Waals surface area contributed by atoms with E-state index in [1.807, 2.05) is 0 Å². The number of amides is 3. The molecule has 0 aliphatic carbocycles. The first-order valence-electron chi connectivity index (χ1n) is 7.55. The zero-order chi connectivity index (χ0) is 18.1. The van der Waals surface area contributed by atoms with E-state index in [9.17, 15) is 14.4 Å². The number of urea groups is 1. The molecule has 0 atom stereocenters. The van der Waals surface area contributed by atoms with Crippen LogP contribution < -0.4 is 20.1 Å². The van der Waals surface area contributed by atoms with E-state index in [0.717, 1.165) is 0 Å². The highest BCUT2D eigenvalue weighted by molar-refractivity contribution is 6.02.